The van der Waals surface area contributed by atoms with Crippen LogP contribution in [0.25, 0.3) is 10.9 Å². The summed E-state index contributed by atoms with van der Waals surface area (Å²) in [5, 5.41) is 5.23. The maximum Gasteiger partial charge on any atom is 0.312 e. The van der Waals surface area contributed by atoms with Crippen LogP contribution in [0, 0.1) is 0 Å². The molecule has 4 aromatic rings. The summed E-state index contributed by atoms with van der Waals surface area (Å²) in [6, 6.07) is 18.5. The van der Waals surface area contributed by atoms with Crippen molar-refractivity contribution < 1.29 is 9.59 Å². The first-order valence-corrected chi connectivity index (χ1v) is 9.60. The largest absolute Gasteiger partial charge is 0.342 e. The minimum absolute atomic E-state index is 0.330. The zero-order valence-electron chi connectivity index (χ0n) is 15.8. The highest BCUT2D eigenvalue weighted by molar-refractivity contribution is 6.45. The van der Waals surface area contributed by atoms with Gasteiger partial charge in [0.2, 0.25) is 0 Å². The second kappa shape index (κ2) is 8.71. The Morgan fingerprint density at radius 1 is 1.03 bits per heavy atom. The van der Waals surface area contributed by atoms with Gasteiger partial charge < -0.3 is 4.57 Å². The molecule has 0 aliphatic heterocycles. The van der Waals surface area contributed by atoms with Gasteiger partial charge in [0.25, 0.3) is 5.78 Å². The van der Waals surface area contributed by atoms with Crippen LogP contribution in [0.2, 0.25) is 5.02 Å². The summed E-state index contributed by atoms with van der Waals surface area (Å²) in [5.41, 5.74) is 5.28. The van der Waals surface area contributed by atoms with E-state index in [0.717, 1.165) is 16.6 Å². The Balaban J connectivity index is 1.57. The van der Waals surface area contributed by atoms with Gasteiger partial charge in [0.15, 0.2) is 0 Å². The number of carbonyl (C=O) groups excluding carboxylic acids is 2. The fourth-order valence-electron chi connectivity index (χ4n) is 3.13. The first kappa shape index (κ1) is 19.5. The third-order valence-electron chi connectivity index (χ3n) is 4.59. The molecule has 7 heteroatoms. The quantitative estimate of drug-likeness (QED) is 0.223. The topological polar surface area (TPSA) is 76.3 Å². The number of pyridine rings is 1. The van der Waals surface area contributed by atoms with Crippen LogP contribution in [0.4, 0.5) is 0 Å². The minimum Gasteiger partial charge on any atom is -0.342 e. The number of ketones is 1. The number of hydrogen-bond donors (Lipinski definition) is 1. The fourth-order valence-corrected chi connectivity index (χ4v) is 3.26. The minimum atomic E-state index is -0.797. The molecule has 2 heterocycles. The number of hydrazone groups is 1. The summed E-state index contributed by atoms with van der Waals surface area (Å²) >= 11 is 5.96. The van der Waals surface area contributed by atoms with Gasteiger partial charge in [-0.15, -0.1) is 0 Å². The van der Waals surface area contributed by atoms with E-state index in [9.17, 15) is 9.59 Å². The summed E-state index contributed by atoms with van der Waals surface area (Å²) in [5.74, 6) is -1.44. The van der Waals surface area contributed by atoms with E-state index in [1.165, 1.54) is 6.21 Å². The number of halogens is 1. The lowest BCUT2D eigenvalue weighted by Gasteiger charge is -2.05. The van der Waals surface area contributed by atoms with Crippen LogP contribution < -0.4 is 5.43 Å². The van der Waals surface area contributed by atoms with E-state index >= 15 is 0 Å². The number of carbonyl (C=O) groups is 2. The lowest BCUT2D eigenvalue weighted by Crippen LogP contribution is -2.27. The van der Waals surface area contributed by atoms with Crippen LogP contribution in [0.15, 0.2) is 84.4 Å². The van der Waals surface area contributed by atoms with Crippen molar-refractivity contribution >= 4 is 40.4 Å². The van der Waals surface area contributed by atoms with Crippen molar-refractivity contribution in [1.29, 1.82) is 0 Å². The monoisotopic (exact) mass is 416 g/mol. The molecular weight excluding hydrogens is 400 g/mol. The lowest BCUT2D eigenvalue weighted by molar-refractivity contribution is -0.116. The molecule has 0 fully saturated rings. The molecule has 6 nitrogen and oxygen atoms in total. The van der Waals surface area contributed by atoms with Gasteiger partial charge >= 0.3 is 5.91 Å². The van der Waals surface area contributed by atoms with Crippen LogP contribution in [0.3, 0.4) is 0 Å². The summed E-state index contributed by atoms with van der Waals surface area (Å²) in [7, 11) is 0. The molecule has 0 saturated heterocycles. The molecule has 148 valence electrons. The number of nitrogens with zero attached hydrogens (tertiary/aromatic N) is 3. The standard InChI is InChI=1S/C23H17ClN4O2/c24-18-7-5-17(6-8-18)14-28-15-20(19-3-1-2-4-21(19)28)22(29)23(30)27-26-13-16-9-11-25-12-10-16/h1-13,15H,14H2,(H,27,30)/b26-13+. The Labute approximate surface area is 177 Å². The van der Waals surface area contributed by atoms with Crippen molar-refractivity contribution in [2.75, 3.05) is 0 Å². The number of aromatic nitrogens is 2. The average Bonchev–Trinajstić information content (AvgIpc) is 3.14. The maximum absolute atomic E-state index is 12.8. The van der Waals surface area contributed by atoms with Gasteiger partial charge in [-0.1, -0.05) is 41.9 Å². The van der Waals surface area contributed by atoms with Crippen LogP contribution >= 0.6 is 11.6 Å². The third kappa shape index (κ3) is 4.29. The zero-order valence-corrected chi connectivity index (χ0v) is 16.6. The Hall–Kier alpha value is -3.77. The van der Waals surface area contributed by atoms with Crippen molar-refractivity contribution in [2.24, 2.45) is 5.10 Å². The van der Waals surface area contributed by atoms with E-state index in [1.807, 2.05) is 53.1 Å². The van der Waals surface area contributed by atoms with Crippen molar-refractivity contribution in [2.45, 2.75) is 6.54 Å². The van der Waals surface area contributed by atoms with Gasteiger partial charge in [-0.3, -0.25) is 14.6 Å². The fraction of sp³-hybridized carbons (Fsp3) is 0.0435. The van der Waals surface area contributed by atoms with E-state index in [1.54, 1.807) is 30.7 Å². The molecule has 0 aliphatic rings. The van der Waals surface area contributed by atoms with Gasteiger partial charge in [-0.05, 0) is 41.5 Å². The van der Waals surface area contributed by atoms with E-state index in [4.69, 9.17) is 11.6 Å². The number of fused-ring (bicyclic) bond motifs is 1. The van der Waals surface area contributed by atoms with Crippen molar-refractivity contribution in [3.05, 3.63) is 101 Å². The first-order valence-electron chi connectivity index (χ1n) is 9.22. The summed E-state index contributed by atoms with van der Waals surface area (Å²) < 4.78 is 1.94. The number of benzene rings is 2. The Morgan fingerprint density at radius 2 is 1.77 bits per heavy atom. The average molecular weight is 417 g/mol. The van der Waals surface area contributed by atoms with Crippen molar-refractivity contribution in [3.8, 4) is 0 Å². The van der Waals surface area contributed by atoms with E-state index < -0.39 is 11.7 Å². The molecule has 2 aromatic carbocycles. The van der Waals surface area contributed by atoms with Crippen molar-refractivity contribution in [3.63, 3.8) is 0 Å². The molecule has 0 saturated carbocycles. The molecule has 0 bridgehead atoms. The molecule has 1 amide bonds. The maximum atomic E-state index is 12.8. The lowest BCUT2D eigenvalue weighted by atomic mass is 10.1. The molecule has 0 radical (unpaired) electrons. The molecular formula is C23H17ClN4O2. The van der Waals surface area contributed by atoms with Gasteiger partial charge in [-0.25, -0.2) is 5.43 Å². The highest BCUT2D eigenvalue weighted by Gasteiger charge is 2.21. The number of Topliss-reactive ketones (excluding diaryl/α,β-unsaturated/α-hetero) is 1. The predicted molar refractivity (Wildman–Crippen MR) is 117 cm³/mol. The molecule has 1 N–H and O–H groups in total. The first-order chi connectivity index (χ1) is 14.6. The molecule has 2 aromatic heterocycles. The predicted octanol–water partition coefficient (Wildman–Crippen LogP) is 4.07. The molecule has 0 spiro atoms. The molecule has 4 rings (SSSR count). The van der Waals surface area contributed by atoms with Gasteiger partial charge in [-0.2, -0.15) is 5.10 Å². The van der Waals surface area contributed by atoms with E-state index in [2.05, 4.69) is 15.5 Å². The number of rotatable bonds is 6. The van der Waals surface area contributed by atoms with Crippen LogP contribution in [-0.2, 0) is 11.3 Å². The zero-order chi connectivity index (χ0) is 20.9. The van der Waals surface area contributed by atoms with Crippen LogP contribution in [0.5, 0.6) is 0 Å². The number of hydrogen-bond acceptors (Lipinski definition) is 4. The normalized spacial score (nSPS) is 11.1. The Morgan fingerprint density at radius 3 is 2.53 bits per heavy atom. The smallest absolute Gasteiger partial charge is 0.312 e. The SMILES string of the molecule is O=C(N/N=C/c1ccncc1)C(=O)c1cn(Cc2ccc(Cl)cc2)c2ccccc12. The van der Waals surface area contributed by atoms with Gasteiger partial charge in [0, 0.05) is 41.1 Å². The second-order valence-corrected chi connectivity index (χ2v) is 7.06. The molecule has 30 heavy (non-hydrogen) atoms. The Bertz CT molecular complexity index is 1230. The van der Waals surface area contributed by atoms with Gasteiger partial charge in [0.05, 0.1) is 11.8 Å². The van der Waals surface area contributed by atoms with Gasteiger partial charge in [0.1, 0.15) is 0 Å². The molecule has 0 atom stereocenters. The summed E-state index contributed by atoms with van der Waals surface area (Å²) in [4.78, 5) is 29.1. The third-order valence-corrected chi connectivity index (χ3v) is 4.84. The Kier molecular flexibility index (Phi) is 5.68. The van der Waals surface area contributed by atoms with Crippen LogP contribution in [-0.4, -0.2) is 27.5 Å². The van der Waals surface area contributed by atoms with E-state index in [0.29, 0.717) is 22.5 Å². The highest BCUT2D eigenvalue weighted by Crippen LogP contribution is 2.23. The van der Waals surface area contributed by atoms with Crippen molar-refractivity contribution in [1.82, 2.24) is 15.0 Å². The highest BCUT2D eigenvalue weighted by atomic mass is 35.5. The van der Waals surface area contributed by atoms with E-state index in [-0.39, 0.29) is 0 Å². The molecule has 0 aliphatic carbocycles. The summed E-state index contributed by atoms with van der Waals surface area (Å²) in [6.07, 6.45) is 6.39. The van der Waals surface area contributed by atoms with Crippen LogP contribution in [0.1, 0.15) is 21.5 Å². The summed E-state index contributed by atoms with van der Waals surface area (Å²) in [6.45, 7) is 0.548. The number of amides is 1. The number of para-hydroxylation sites is 1. The number of nitrogens with one attached hydrogen (secondary N) is 1. The molecule has 0 unspecified atom stereocenters. The second-order valence-electron chi connectivity index (χ2n) is 6.62.